The summed E-state index contributed by atoms with van der Waals surface area (Å²) < 4.78 is 12.4. The van der Waals surface area contributed by atoms with Gasteiger partial charge >= 0.3 is 0 Å². The number of nitrogens with zero attached hydrogens (tertiary/aromatic N) is 1. The summed E-state index contributed by atoms with van der Waals surface area (Å²) in [7, 11) is -1.75. The third-order valence-electron chi connectivity index (χ3n) is 5.46. The predicted octanol–water partition coefficient (Wildman–Crippen LogP) is 5.30. The molecule has 4 unspecified atom stereocenters. The van der Waals surface area contributed by atoms with Crippen LogP contribution < -0.4 is 0 Å². The number of nitriles is 1. The lowest BCUT2D eigenvalue weighted by molar-refractivity contribution is 0.123. The summed E-state index contributed by atoms with van der Waals surface area (Å²) in [5.41, 5.74) is 0. The van der Waals surface area contributed by atoms with Crippen LogP contribution in [0.4, 0.5) is 0 Å². The first-order valence-electron chi connectivity index (χ1n) is 8.97. The first kappa shape index (κ1) is 20.4. The average Bonchev–Trinajstić information content (AvgIpc) is 2.80. The highest BCUT2D eigenvalue weighted by molar-refractivity contribution is 6.74. The normalized spacial score (nSPS) is 27.3. The maximum Gasteiger partial charge on any atom is 0.192 e. The van der Waals surface area contributed by atoms with Gasteiger partial charge in [0, 0.05) is 6.42 Å². The molecule has 0 aromatic rings. The molecule has 1 fully saturated rings. The molecule has 0 bridgehead atoms. The molecule has 0 aliphatic carbocycles. The standard InChI is InChI=1S/C19H35NO2Si/c1-8-16(22-23(6,7)19(3,4)5)11-12-18-17(10-9-13-20)15(2)14-21-18/h11-12,15-18H,8-10,14H2,1-7H3/b12-11+. The van der Waals surface area contributed by atoms with Crippen LogP contribution in [0.15, 0.2) is 12.2 Å². The van der Waals surface area contributed by atoms with Crippen molar-refractivity contribution < 1.29 is 9.16 Å². The van der Waals surface area contributed by atoms with Crippen molar-refractivity contribution in [2.45, 2.75) is 84.2 Å². The molecule has 4 heteroatoms. The molecule has 1 saturated heterocycles. The Bertz CT molecular complexity index is 434. The van der Waals surface area contributed by atoms with Gasteiger partial charge in [-0.1, -0.05) is 46.8 Å². The van der Waals surface area contributed by atoms with Crippen molar-refractivity contribution in [1.29, 1.82) is 5.26 Å². The molecule has 0 saturated carbocycles. The minimum atomic E-state index is -1.75. The molecular formula is C19H35NO2Si. The zero-order chi connectivity index (χ0) is 17.7. The van der Waals surface area contributed by atoms with Crippen molar-refractivity contribution in [3.05, 3.63) is 12.2 Å². The van der Waals surface area contributed by atoms with Gasteiger partial charge in [0.25, 0.3) is 0 Å². The van der Waals surface area contributed by atoms with Crippen molar-refractivity contribution in [2.75, 3.05) is 6.61 Å². The third-order valence-corrected chi connectivity index (χ3v) is 9.97. The first-order valence-corrected chi connectivity index (χ1v) is 11.9. The van der Waals surface area contributed by atoms with Gasteiger partial charge in [-0.3, -0.25) is 0 Å². The highest BCUT2D eigenvalue weighted by Crippen LogP contribution is 2.38. The van der Waals surface area contributed by atoms with E-state index < -0.39 is 8.32 Å². The van der Waals surface area contributed by atoms with Gasteiger partial charge in [-0.05, 0) is 42.8 Å². The van der Waals surface area contributed by atoms with E-state index in [1.165, 1.54) is 0 Å². The van der Waals surface area contributed by atoms with Crippen LogP contribution in [0.2, 0.25) is 18.1 Å². The molecule has 0 aromatic carbocycles. The smallest absolute Gasteiger partial charge is 0.192 e. The Morgan fingerprint density at radius 2 is 2.04 bits per heavy atom. The number of ether oxygens (including phenoxy) is 1. The second-order valence-corrected chi connectivity index (χ2v) is 13.1. The lowest BCUT2D eigenvalue weighted by Crippen LogP contribution is -2.43. The van der Waals surface area contributed by atoms with E-state index in [1.807, 2.05) is 0 Å². The van der Waals surface area contributed by atoms with Gasteiger partial charge in [0.15, 0.2) is 8.32 Å². The van der Waals surface area contributed by atoms with E-state index in [-0.39, 0.29) is 17.2 Å². The molecule has 0 spiro atoms. The van der Waals surface area contributed by atoms with E-state index in [4.69, 9.17) is 14.4 Å². The Balaban J connectivity index is 2.71. The zero-order valence-electron chi connectivity index (χ0n) is 16.1. The molecule has 3 nitrogen and oxygen atoms in total. The molecule has 0 radical (unpaired) electrons. The Labute approximate surface area is 144 Å². The summed E-state index contributed by atoms with van der Waals surface area (Å²) in [6.07, 6.45) is 7.19. The number of hydrogen-bond acceptors (Lipinski definition) is 3. The van der Waals surface area contributed by atoms with Crippen LogP contribution in [-0.2, 0) is 9.16 Å². The molecule has 0 aromatic heterocycles. The van der Waals surface area contributed by atoms with E-state index in [9.17, 15) is 0 Å². The van der Waals surface area contributed by atoms with Crippen LogP contribution in [0.5, 0.6) is 0 Å². The van der Waals surface area contributed by atoms with E-state index in [2.05, 4.69) is 65.9 Å². The van der Waals surface area contributed by atoms with E-state index >= 15 is 0 Å². The largest absolute Gasteiger partial charge is 0.411 e. The first-order chi connectivity index (χ1) is 10.6. The maximum absolute atomic E-state index is 8.83. The fraction of sp³-hybridized carbons (Fsp3) is 0.842. The van der Waals surface area contributed by atoms with Crippen molar-refractivity contribution in [3.8, 4) is 6.07 Å². The molecule has 0 amide bonds. The zero-order valence-corrected chi connectivity index (χ0v) is 17.1. The average molecular weight is 338 g/mol. The Hall–Kier alpha value is -0.633. The molecule has 1 aliphatic rings. The van der Waals surface area contributed by atoms with Crippen LogP contribution >= 0.6 is 0 Å². The van der Waals surface area contributed by atoms with Gasteiger partial charge in [-0.25, -0.2) is 0 Å². The summed E-state index contributed by atoms with van der Waals surface area (Å²) in [5.74, 6) is 0.982. The fourth-order valence-electron chi connectivity index (χ4n) is 2.76. The number of rotatable bonds is 7. The van der Waals surface area contributed by atoms with Gasteiger partial charge in [0.1, 0.15) is 0 Å². The minimum absolute atomic E-state index is 0.135. The van der Waals surface area contributed by atoms with Crippen LogP contribution in [0, 0.1) is 23.2 Å². The number of hydrogen-bond donors (Lipinski definition) is 0. The molecule has 132 valence electrons. The Kier molecular flexibility index (Phi) is 7.51. The molecule has 23 heavy (non-hydrogen) atoms. The fourth-order valence-corrected chi connectivity index (χ4v) is 4.12. The molecule has 1 aliphatic heterocycles. The SMILES string of the molecule is CCC(/C=C/C1OCC(C)C1CCC#N)O[Si](C)(C)C(C)(C)C. The molecule has 4 atom stereocenters. The van der Waals surface area contributed by atoms with E-state index in [0.29, 0.717) is 18.3 Å². The summed E-state index contributed by atoms with van der Waals surface area (Å²) >= 11 is 0. The summed E-state index contributed by atoms with van der Waals surface area (Å²) in [6, 6.07) is 2.26. The molecular weight excluding hydrogens is 302 g/mol. The molecule has 1 heterocycles. The predicted molar refractivity (Wildman–Crippen MR) is 98.7 cm³/mol. The van der Waals surface area contributed by atoms with E-state index in [0.717, 1.165) is 19.4 Å². The van der Waals surface area contributed by atoms with Crippen LogP contribution in [0.3, 0.4) is 0 Å². The maximum atomic E-state index is 8.83. The lowest BCUT2D eigenvalue weighted by atomic mass is 9.88. The Morgan fingerprint density at radius 3 is 2.57 bits per heavy atom. The summed E-state index contributed by atoms with van der Waals surface area (Å²) in [5, 5.41) is 9.06. The second-order valence-electron chi connectivity index (χ2n) is 8.35. The summed E-state index contributed by atoms with van der Waals surface area (Å²) in [6.45, 7) is 16.6. The van der Waals surface area contributed by atoms with E-state index in [1.54, 1.807) is 0 Å². The van der Waals surface area contributed by atoms with Crippen LogP contribution in [-0.4, -0.2) is 27.1 Å². The van der Waals surface area contributed by atoms with Gasteiger partial charge in [-0.15, -0.1) is 0 Å². The monoisotopic (exact) mass is 337 g/mol. The topological polar surface area (TPSA) is 42.2 Å². The van der Waals surface area contributed by atoms with Gasteiger partial charge in [0.05, 0.1) is 24.9 Å². The third kappa shape index (κ3) is 5.74. The van der Waals surface area contributed by atoms with Gasteiger partial charge < -0.3 is 9.16 Å². The van der Waals surface area contributed by atoms with Crippen molar-refractivity contribution in [1.82, 2.24) is 0 Å². The second kappa shape index (κ2) is 8.46. The minimum Gasteiger partial charge on any atom is -0.411 e. The van der Waals surface area contributed by atoms with Crippen LogP contribution in [0.25, 0.3) is 0 Å². The van der Waals surface area contributed by atoms with Crippen molar-refractivity contribution >= 4 is 8.32 Å². The highest BCUT2D eigenvalue weighted by Gasteiger charge is 2.38. The van der Waals surface area contributed by atoms with Crippen molar-refractivity contribution in [2.24, 2.45) is 11.8 Å². The van der Waals surface area contributed by atoms with Crippen molar-refractivity contribution in [3.63, 3.8) is 0 Å². The lowest BCUT2D eigenvalue weighted by Gasteiger charge is -2.38. The molecule has 0 N–H and O–H groups in total. The van der Waals surface area contributed by atoms with Crippen LogP contribution in [0.1, 0.15) is 53.9 Å². The van der Waals surface area contributed by atoms with Gasteiger partial charge in [0.2, 0.25) is 0 Å². The Morgan fingerprint density at radius 1 is 1.39 bits per heavy atom. The highest BCUT2D eigenvalue weighted by atomic mass is 28.4. The quantitative estimate of drug-likeness (QED) is 0.468. The van der Waals surface area contributed by atoms with Gasteiger partial charge in [-0.2, -0.15) is 5.26 Å². The molecule has 1 rings (SSSR count). The summed E-state index contributed by atoms with van der Waals surface area (Å²) in [4.78, 5) is 0.